The summed E-state index contributed by atoms with van der Waals surface area (Å²) >= 11 is -0.120. The molecule has 0 spiro atoms. The van der Waals surface area contributed by atoms with Crippen LogP contribution in [-0.2, 0) is 0 Å². The van der Waals surface area contributed by atoms with E-state index in [9.17, 15) is 9.59 Å². The van der Waals surface area contributed by atoms with Crippen LogP contribution >= 0.6 is 0 Å². The van der Waals surface area contributed by atoms with E-state index in [2.05, 4.69) is 17.9 Å². The number of H-pyrrole nitrogens is 2. The first-order chi connectivity index (χ1) is 13.2. The number of hydrogen-bond acceptors (Lipinski definition) is 6. The molecule has 3 aromatic carbocycles. The summed E-state index contributed by atoms with van der Waals surface area (Å²) in [7, 11) is 0. The molecule has 0 amide bonds. The predicted molar refractivity (Wildman–Crippen MR) is 107 cm³/mol. The molecule has 8 nitrogen and oxygen atoms in total. The summed E-state index contributed by atoms with van der Waals surface area (Å²) in [5.41, 5.74) is 12.2. The molecule has 1 heterocycles. The molecule has 27 heavy (non-hydrogen) atoms. The second-order valence-corrected chi connectivity index (χ2v) is 7.33. The zero-order valence-electron chi connectivity index (χ0n) is 14.4. The van der Waals surface area contributed by atoms with Gasteiger partial charge in [0.2, 0.25) is 0 Å². The molecule has 0 fully saturated rings. The first-order valence-electron chi connectivity index (χ1n) is 8.54. The number of rotatable bonds is 4. The van der Waals surface area contributed by atoms with Crippen molar-refractivity contribution in [1.82, 2.24) is 7.96 Å². The first-order valence-corrected chi connectivity index (χ1v) is 10.3. The Morgan fingerprint density at radius 2 is 1.26 bits per heavy atom. The van der Waals surface area contributed by atoms with Gasteiger partial charge in [0.1, 0.15) is 0 Å². The maximum atomic E-state index is 13.3. The van der Waals surface area contributed by atoms with E-state index in [1.165, 1.54) is 0 Å². The fourth-order valence-electron chi connectivity index (χ4n) is 3.31. The van der Waals surface area contributed by atoms with Gasteiger partial charge in [0.05, 0.1) is 0 Å². The Kier molecular flexibility index (Phi) is 4.75. The van der Waals surface area contributed by atoms with Crippen molar-refractivity contribution in [3.63, 3.8) is 0 Å². The van der Waals surface area contributed by atoms with Crippen LogP contribution in [0.25, 0.3) is 32.6 Å². The Morgan fingerprint density at radius 1 is 0.815 bits per heavy atom. The molecule has 1 aromatic heterocycles. The minimum atomic E-state index is -0.218. The maximum absolute atomic E-state index is 13.3. The summed E-state index contributed by atoms with van der Waals surface area (Å²) in [6, 6.07) is 6.85. The van der Waals surface area contributed by atoms with Crippen LogP contribution in [0.2, 0.25) is 0 Å². The second-order valence-electron chi connectivity index (χ2n) is 6.05. The molecule has 9 heteroatoms. The third-order valence-corrected chi connectivity index (χ3v) is 5.71. The molecule has 0 atom stereocenters. The molecule has 0 radical (unpaired) electrons. The molecule has 4 rings (SSSR count). The van der Waals surface area contributed by atoms with E-state index in [1.807, 2.05) is 0 Å². The van der Waals surface area contributed by atoms with Crippen LogP contribution in [0.1, 0.15) is 0 Å². The van der Waals surface area contributed by atoms with Gasteiger partial charge in [0, 0.05) is 0 Å². The second kappa shape index (κ2) is 7.21. The zero-order chi connectivity index (χ0) is 19.0. The van der Waals surface area contributed by atoms with E-state index in [1.54, 1.807) is 24.3 Å². The summed E-state index contributed by atoms with van der Waals surface area (Å²) in [4.78, 5) is 35.7. The Labute approximate surface area is 158 Å². The molecular weight excluding hydrogens is 411 g/mol. The van der Waals surface area contributed by atoms with Crippen molar-refractivity contribution in [2.24, 2.45) is 21.5 Å². The van der Waals surface area contributed by atoms with Gasteiger partial charge in [-0.2, -0.15) is 0 Å². The third kappa shape index (κ3) is 2.76. The molecule has 0 aliphatic rings. The summed E-state index contributed by atoms with van der Waals surface area (Å²) < 4.78 is 6.53. The van der Waals surface area contributed by atoms with Gasteiger partial charge in [-0.05, 0) is 0 Å². The minimum absolute atomic E-state index is 0.120. The average molecular weight is 429 g/mol. The van der Waals surface area contributed by atoms with E-state index >= 15 is 0 Å². The fraction of sp³-hybridized carbons (Fsp3) is 0.222. The van der Waals surface area contributed by atoms with Crippen molar-refractivity contribution in [1.29, 1.82) is 0 Å². The van der Waals surface area contributed by atoms with Crippen LogP contribution in [0.15, 0.2) is 43.8 Å². The van der Waals surface area contributed by atoms with E-state index in [4.69, 9.17) is 11.5 Å². The van der Waals surface area contributed by atoms with E-state index in [0.29, 0.717) is 69.5 Å². The van der Waals surface area contributed by atoms with Crippen molar-refractivity contribution < 1.29 is 0 Å². The van der Waals surface area contributed by atoms with Crippen molar-refractivity contribution in [2.75, 3.05) is 26.2 Å². The Hall–Kier alpha value is -2.58. The normalized spacial score (nSPS) is 13.4. The number of nitrogens with two attached hydrogens (primary N) is 2. The molecule has 4 aromatic rings. The molecule has 138 valence electrons. The topological polar surface area (TPSA) is 142 Å². The standard InChI is InChI=1S/C18H18N6O2Se/c19-5-7-21-13-11-12(14(22-8-6-20)16-15(13)23-27-24-16)18(26)10-4-2-1-3-9(10)17(11)25/h1-4,23-24H,5-8,19-20H2. The summed E-state index contributed by atoms with van der Waals surface area (Å²) in [6.07, 6.45) is 0. The number of nitrogens with zero attached hydrogens (tertiary/aromatic N) is 2. The van der Waals surface area contributed by atoms with Gasteiger partial charge in [-0.15, -0.1) is 0 Å². The monoisotopic (exact) mass is 430 g/mol. The third-order valence-electron chi connectivity index (χ3n) is 4.42. The number of aromatic amines is 2. The Bertz CT molecular complexity index is 1290. The van der Waals surface area contributed by atoms with Crippen LogP contribution in [0.5, 0.6) is 0 Å². The van der Waals surface area contributed by atoms with Crippen LogP contribution in [0.4, 0.5) is 0 Å². The zero-order valence-corrected chi connectivity index (χ0v) is 16.1. The molecular formula is C18H18N6O2Se. The Morgan fingerprint density at radius 3 is 1.67 bits per heavy atom. The van der Waals surface area contributed by atoms with E-state index in [0.717, 1.165) is 0 Å². The Balaban J connectivity index is 2.43. The van der Waals surface area contributed by atoms with Crippen LogP contribution in [0, 0.1) is 0 Å². The first kappa shape index (κ1) is 17.8. The van der Waals surface area contributed by atoms with Crippen molar-refractivity contribution in [3.8, 4) is 0 Å². The van der Waals surface area contributed by atoms with Gasteiger partial charge in [-0.1, -0.05) is 0 Å². The van der Waals surface area contributed by atoms with Gasteiger partial charge in [0.25, 0.3) is 0 Å². The molecule has 0 bridgehead atoms. The number of nitrogens with one attached hydrogen (secondary N) is 2. The van der Waals surface area contributed by atoms with E-state index < -0.39 is 0 Å². The average Bonchev–Trinajstić information content (AvgIpc) is 3.18. The van der Waals surface area contributed by atoms with E-state index in [-0.39, 0.29) is 25.8 Å². The molecule has 0 saturated heterocycles. The predicted octanol–water partition coefficient (Wildman–Crippen LogP) is -1.26. The van der Waals surface area contributed by atoms with Gasteiger partial charge < -0.3 is 0 Å². The molecule has 0 aliphatic carbocycles. The molecule has 0 saturated carbocycles. The summed E-state index contributed by atoms with van der Waals surface area (Å²) in [5, 5.41) is 2.34. The van der Waals surface area contributed by atoms with Crippen LogP contribution < -0.4 is 33.0 Å². The number of benzene rings is 3. The summed E-state index contributed by atoms with van der Waals surface area (Å²) in [5.74, 6) is 0. The van der Waals surface area contributed by atoms with Crippen LogP contribution in [0.3, 0.4) is 0 Å². The molecule has 0 unspecified atom stereocenters. The summed E-state index contributed by atoms with van der Waals surface area (Å²) in [6.45, 7) is 1.41. The number of aromatic nitrogens is 2. The molecule has 6 N–H and O–H groups in total. The van der Waals surface area contributed by atoms with Crippen LogP contribution in [-0.4, -0.2) is 49.1 Å². The SMILES string of the molecule is NCCN=c1c2[nH][se][nH]c2c(=NCCN)c2c(=O)c3ccccc3c(=O)c12. The quantitative estimate of drug-likeness (QED) is 0.237. The fourth-order valence-corrected chi connectivity index (χ4v) is 4.68. The van der Waals surface area contributed by atoms with Crippen molar-refractivity contribution in [3.05, 3.63) is 55.4 Å². The van der Waals surface area contributed by atoms with Gasteiger partial charge in [-0.25, -0.2) is 0 Å². The van der Waals surface area contributed by atoms with Crippen molar-refractivity contribution >= 4 is 47.5 Å². The number of hydrogen-bond donors (Lipinski definition) is 4. The van der Waals surface area contributed by atoms with Gasteiger partial charge >= 0.3 is 159 Å². The van der Waals surface area contributed by atoms with Gasteiger partial charge in [0.15, 0.2) is 0 Å². The number of fused-ring (bicyclic) bond motifs is 3. The molecule has 0 aliphatic heterocycles. The van der Waals surface area contributed by atoms with Crippen molar-refractivity contribution in [2.45, 2.75) is 0 Å². The van der Waals surface area contributed by atoms with Gasteiger partial charge in [-0.3, -0.25) is 0 Å².